The van der Waals surface area contributed by atoms with Gasteiger partial charge in [-0.05, 0) is 32.4 Å². The van der Waals surface area contributed by atoms with Gasteiger partial charge in [-0.25, -0.2) is 14.8 Å². The van der Waals surface area contributed by atoms with Crippen molar-refractivity contribution in [1.82, 2.24) is 15.0 Å². The molecule has 144 valence electrons. The fourth-order valence-corrected chi connectivity index (χ4v) is 2.36. The first-order valence-corrected chi connectivity index (χ1v) is 7.95. The topological polar surface area (TPSA) is 154 Å². The number of carboxylic acid groups (broad SMARTS) is 2. The van der Waals surface area contributed by atoms with E-state index in [4.69, 9.17) is 4.74 Å². The Morgan fingerprint density at radius 3 is 2.26 bits per heavy atom. The number of amides is 1. The van der Waals surface area contributed by atoms with Gasteiger partial charge in [0, 0.05) is 18.8 Å². The molecular formula is C17H20N4O6. The average molecular weight is 376 g/mol. The van der Waals surface area contributed by atoms with Crippen molar-refractivity contribution in [1.29, 1.82) is 0 Å². The molecule has 0 aliphatic heterocycles. The Kier molecular flexibility index (Phi) is 5.48. The van der Waals surface area contributed by atoms with Gasteiger partial charge in [-0.2, -0.15) is 0 Å². The van der Waals surface area contributed by atoms with E-state index in [0.29, 0.717) is 5.56 Å². The molecule has 0 fully saturated rings. The lowest BCUT2D eigenvalue weighted by molar-refractivity contribution is -0.157. The fourth-order valence-electron chi connectivity index (χ4n) is 2.36. The summed E-state index contributed by atoms with van der Waals surface area (Å²) in [6, 6.07) is 2.91. The first-order valence-electron chi connectivity index (χ1n) is 7.95. The summed E-state index contributed by atoms with van der Waals surface area (Å²) in [7, 11) is 0. The number of ether oxygens (including phenoxy) is 1. The van der Waals surface area contributed by atoms with Crippen LogP contribution >= 0.6 is 0 Å². The minimum atomic E-state index is -2.26. The van der Waals surface area contributed by atoms with Gasteiger partial charge < -0.3 is 19.9 Å². The van der Waals surface area contributed by atoms with Crippen LogP contribution in [0.25, 0.3) is 0 Å². The summed E-state index contributed by atoms with van der Waals surface area (Å²) in [5.74, 6) is -2.90. The van der Waals surface area contributed by atoms with Gasteiger partial charge >= 0.3 is 18.0 Å². The van der Waals surface area contributed by atoms with E-state index >= 15 is 0 Å². The molecule has 1 amide bonds. The van der Waals surface area contributed by atoms with Crippen molar-refractivity contribution in [3.05, 3.63) is 42.1 Å². The molecule has 0 aliphatic rings. The molecule has 0 spiro atoms. The molecule has 10 heteroatoms. The molecule has 2 aromatic heterocycles. The van der Waals surface area contributed by atoms with Crippen molar-refractivity contribution < 1.29 is 29.3 Å². The molecule has 2 heterocycles. The average Bonchev–Trinajstić information content (AvgIpc) is 3.06. The van der Waals surface area contributed by atoms with E-state index in [1.807, 2.05) is 0 Å². The number of hydrogen-bond acceptors (Lipinski definition) is 6. The summed E-state index contributed by atoms with van der Waals surface area (Å²) in [6.07, 6.45) is 2.67. The van der Waals surface area contributed by atoms with Gasteiger partial charge in [0.2, 0.25) is 5.41 Å². The number of aliphatic carboxylic acids is 2. The molecule has 10 nitrogen and oxygen atoms in total. The van der Waals surface area contributed by atoms with Crippen LogP contribution in [-0.4, -0.2) is 48.8 Å². The minimum Gasteiger partial charge on any atom is -0.480 e. The number of carbonyl (C=O) groups excluding carboxylic acids is 1. The number of aromatic nitrogens is 3. The molecule has 0 atom stereocenters. The first-order chi connectivity index (χ1) is 12.5. The van der Waals surface area contributed by atoms with Crippen molar-refractivity contribution in [3.63, 3.8) is 0 Å². The van der Waals surface area contributed by atoms with E-state index in [0.717, 1.165) is 0 Å². The second-order valence-electron chi connectivity index (χ2n) is 6.83. The van der Waals surface area contributed by atoms with E-state index in [-0.39, 0.29) is 17.9 Å². The van der Waals surface area contributed by atoms with Gasteiger partial charge in [-0.15, -0.1) is 0 Å². The Labute approximate surface area is 154 Å². The summed E-state index contributed by atoms with van der Waals surface area (Å²) >= 11 is 0. The van der Waals surface area contributed by atoms with Gasteiger partial charge in [0.25, 0.3) is 0 Å². The highest BCUT2D eigenvalue weighted by Crippen LogP contribution is 2.28. The maximum atomic E-state index is 11.8. The van der Waals surface area contributed by atoms with Crippen molar-refractivity contribution in [2.75, 3.05) is 5.32 Å². The van der Waals surface area contributed by atoms with Crippen molar-refractivity contribution in [2.45, 2.75) is 38.2 Å². The Morgan fingerprint density at radius 1 is 1.15 bits per heavy atom. The molecule has 27 heavy (non-hydrogen) atoms. The Bertz CT molecular complexity index is 810. The minimum absolute atomic E-state index is 0.126. The molecule has 2 rings (SSSR count). The third-order valence-electron chi connectivity index (χ3n) is 3.59. The number of imidazole rings is 1. The number of nitrogens with zero attached hydrogens (tertiary/aromatic N) is 2. The molecule has 2 aromatic rings. The number of pyridine rings is 1. The molecule has 0 unspecified atom stereocenters. The fraction of sp³-hybridized carbons (Fsp3) is 0.353. The van der Waals surface area contributed by atoms with E-state index in [1.54, 1.807) is 20.8 Å². The van der Waals surface area contributed by atoms with Crippen LogP contribution in [0.4, 0.5) is 10.6 Å². The summed E-state index contributed by atoms with van der Waals surface area (Å²) in [5.41, 5.74) is -2.71. The summed E-state index contributed by atoms with van der Waals surface area (Å²) in [6.45, 7) is 5.15. The second-order valence-corrected chi connectivity index (χ2v) is 6.83. The first kappa shape index (κ1) is 19.9. The van der Waals surface area contributed by atoms with E-state index in [2.05, 4.69) is 20.3 Å². The van der Waals surface area contributed by atoms with Gasteiger partial charge in [-0.3, -0.25) is 14.9 Å². The van der Waals surface area contributed by atoms with Crippen LogP contribution in [-0.2, 0) is 26.2 Å². The number of hydrogen-bond donors (Lipinski definition) is 4. The number of nitrogens with one attached hydrogen (secondary N) is 2. The zero-order valence-electron chi connectivity index (χ0n) is 15.0. The normalized spacial score (nSPS) is 11.7. The SMILES string of the molecule is CC(C)(C)OC(=O)Nc1ccc(CC(C(=O)O)(C(=O)O)c2c[nH]cn2)cn1. The summed E-state index contributed by atoms with van der Waals surface area (Å²) in [4.78, 5) is 45.7. The predicted molar refractivity (Wildman–Crippen MR) is 93.3 cm³/mol. The highest BCUT2D eigenvalue weighted by atomic mass is 16.6. The van der Waals surface area contributed by atoms with E-state index in [9.17, 15) is 24.6 Å². The molecule has 0 bridgehead atoms. The lowest BCUT2D eigenvalue weighted by Crippen LogP contribution is -2.46. The van der Waals surface area contributed by atoms with Crippen LogP contribution in [0.15, 0.2) is 30.9 Å². The van der Waals surface area contributed by atoms with Crippen LogP contribution in [0.5, 0.6) is 0 Å². The van der Waals surface area contributed by atoms with E-state index < -0.39 is 29.0 Å². The summed E-state index contributed by atoms with van der Waals surface area (Å²) < 4.78 is 5.11. The maximum Gasteiger partial charge on any atom is 0.413 e. The molecule has 0 aliphatic carbocycles. The standard InChI is InChI=1S/C17H20N4O6/c1-16(2,3)27-15(26)21-12-5-4-10(7-19-12)6-17(13(22)23,14(24)25)11-8-18-9-20-11/h4-5,7-9H,6H2,1-3H3,(H,18,20)(H,22,23)(H,24,25)(H,19,21,26). The largest absolute Gasteiger partial charge is 0.480 e. The van der Waals surface area contributed by atoms with Gasteiger partial charge in [0.1, 0.15) is 11.4 Å². The number of aromatic amines is 1. The van der Waals surface area contributed by atoms with Crippen LogP contribution in [0.1, 0.15) is 32.0 Å². The smallest absolute Gasteiger partial charge is 0.413 e. The monoisotopic (exact) mass is 376 g/mol. The van der Waals surface area contributed by atoms with Crippen LogP contribution in [0.3, 0.4) is 0 Å². The molecule has 0 saturated heterocycles. The molecular weight excluding hydrogens is 356 g/mol. The third-order valence-corrected chi connectivity index (χ3v) is 3.59. The number of rotatable bonds is 6. The Balaban J connectivity index is 2.22. The number of carboxylic acids is 2. The van der Waals surface area contributed by atoms with Gasteiger partial charge in [-0.1, -0.05) is 6.07 Å². The van der Waals surface area contributed by atoms with Crippen LogP contribution < -0.4 is 5.32 Å². The Morgan fingerprint density at radius 2 is 1.81 bits per heavy atom. The maximum absolute atomic E-state index is 11.8. The third kappa shape index (κ3) is 4.60. The highest BCUT2D eigenvalue weighted by molar-refractivity contribution is 6.04. The van der Waals surface area contributed by atoms with Gasteiger partial charge in [0.15, 0.2) is 0 Å². The predicted octanol–water partition coefficient (Wildman–Crippen LogP) is 1.80. The highest BCUT2D eigenvalue weighted by Gasteiger charge is 2.50. The quantitative estimate of drug-likeness (QED) is 0.556. The van der Waals surface area contributed by atoms with Crippen LogP contribution in [0, 0.1) is 0 Å². The number of anilines is 1. The Hall–Kier alpha value is -3.43. The molecule has 4 N–H and O–H groups in total. The lowest BCUT2D eigenvalue weighted by Gasteiger charge is -2.23. The van der Waals surface area contributed by atoms with Crippen molar-refractivity contribution in [2.24, 2.45) is 0 Å². The zero-order chi connectivity index (χ0) is 20.2. The number of H-pyrrole nitrogens is 1. The van der Waals surface area contributed by atoms with Crippen molar-refractivity contribution in [3.8, 4) is 0 Å². The number of carbonyl (C=O) groups is 3. The van der Waals surface area contributed by atoms with E-state index in [1.165, 1.54) is 30.9 Å². The zero-order valence-corrected chi connectivity index (χ0v) is 15.0. The summed E-state index contributed by atoms with van der Waals surface area (Å²) in [5, 5.41) is 21.6. The second kappa shape index (κ2) is 7.44. The molecule has 0 saturated carbocycles. The van der Waals surface area contributed by atoms with Crippen molar-refractivity contribution >= 4 is 23.8 Å². The lowest BCUT2D eigenvalue weighted by atomic mass is 9.79. The molecule has 0 aromatic carbocycles. The van der Waals surface area contributed by atoms with Crippen LogP contribution in [0.2, 0.25) is 0 Å². The van der Waals surface area contributed by atoms with Gasteiger partial charge in [0.05, 0.1) is 12.0 Å². The molecule has 0 radical (unpaired) electrons.